The number of nitrogens with zero attached hydrogens (tertiary/aromatic N) is 2. The van der Waals surface area contributed by atoms with E-state index in [2.05, 4.69) is 22.0 Å². The van der Waals surface area contributed by atoms with Gasteiger partial charge in [0, 0.05) is 25.2 Å². The molecular formula is C16H31N3. The Kier molecular flexibility index (Phi) is 4.78. The Labute approximate surface area is 118 Å². The molecule has 0 amide bonds. The first kappa shape index (κ1) is 13.8. The first-order valence-corrected chi connectivity index (χ1v) is 8.53. The Morgan fingerprint density at radius 1 is 1.00 bits per heavy atom. The van der Waals surface area contributed by atoms with Crippen molar-refractivity contribution in [2.45, 2.75) is 57.5 Å². The van der Waals surface area contributed by atoms with Crippen LogP contribution in [0.4, 0.5) is 0 Å². The van der Waals surface area contributed by atoms with Crippen molar-refractivity contribution in [2.75, 3.05) is 39.3 Å². The summed E-state index contributed by atoms with van der Waals surface area (Å²) in [5, 5.41) is 3.65. The SMILES string of the molecule is CC1CCCCN1C1CNCCC1CN1CCCC1. The van der Waals surface area contributed by atoms with Gasteiger partial charge in [0.25, 0.3) is 0 Å². The molecule has 110 valence electrons. The van der Waals surface area contributed by atoms with E-state index in [0.717, 1.165) is 18.0 Å². The second kappa shape index (κ2) is 6.55. The van der Waals surface area contributed by atoms with Crippen molar-refractivity contribution in [2.24, 2.45) is 5.92 Å². The van der Waals surface area contributed by atoms with Crippen molar-refractivity contribution in [3.63, 3.8) is 0 Å². The molecule has 0 radical (unpaired) electrons. The molecule has 0 aromatic heterocycles. The van der Waals surface area contributed by atoms with Gasteiger partial charge in [0.15, 0.2) is 0 Å². The molecule has 0 aromatic carbocycles. The fraction of sp³-hybridized carbons (Fsp3) is 1.00. The van der Waals surface area contributed by atoms with Crippen LogP contribution in [0.3, 0.4) is 0 Å². The van der Waals surface area contributed by atoms with E-state index < -0.39 is 0 Å². The lowest BCUT2D eigenvalue weighted by Crippen LogP contribution is -2.57. The lowest BCUT2D eigenvalue weighted by atomic mass is 9.88. The predicted molar refractivity (Wildman–Crippen MR) is 80.5 cm³/mol. The van der Waals surface area contributed by atoms with E-state index in [4.69, 9.17) is 0 Å². The molecule has 3 aliphatic rings. The molecule has 3 fully saturated rings. The summed E-state index contributed by atoms with van der Waals surface area (Å²) in [6.07, 6.45) is 8.49. The van der Waals surface area contributed by atoms with Gasteiger partial charge in [-0.1, -0.05) is 6.42 Å². The molecule has 3 unspecified atom stereocenters. The summed E-state index contributed by atoms with van der Waals surface area (Å²) in [6, 6.07) is 1.60. The van der Waals surface area contributed by atoms with Crippen LogP contribution in [0.25, 0.3) is 0 Å². The fourth-order valence-corrected chi connectivity index (χ4v) is 4.41. The van der Waals surface area contributed by atoms with Crippen molar-refractivity contribution in [1.29, 1.82) is 0 Å². The predicted octanol–water partition coefficient (Wildman–Crippen LogP) is 1.93. The molecule has 0 aromatic rings. The second-order valence-corrected chi connectivity index (χ2v) is 6.91. The summed E-state index contributed by atoms with van der Waals surface area (Å²) in [7, 11) is 0. The van der Waals surface area contributed by atoms with Gasteiger partial charge in [-0.3, -0.25) is 4.90 Å². The maximum atomic E-state index is 3.65. The van der Waals surface area contributed by atoms with Crippen LogP contribution in [-0.4, -0.2) is 61.2 Å². The minimum atomic E-state index is 0.796. The van der Waals surface area contributed by atoms with Gasteiger partial charge in [-0.05, 0) is 71.1 Å². The smallest absolute Gasteiger partial charge is 0.0264 e. The average molecular weight is 265 g/mol. The molecule has 0 spiro atoms. The Morgan fingerprint density at radius 3 is 2.58 bits per heavy atom. The molecule has 1 N–H and O–H groups in total. The van der Waals surface area contributed by atoms with Crippen LogP contribution in [0.5, 0.6) is 0 Å². The molecule has 3 nitrogen and oxygen atoms in total. The van der Waals surface area contributed by atoms with E-state index in [0.29, 0.717) is 0 Å². The Hall–Kier alpha value is -0.120. The van der Waals surface area contributed by atoms with Gasteiger partial charge >= 0.3 is 0 Å². The summed E-state index contributed by atoms with van der Waals surface area (Å²) in [4.78, 5) is 5.55. The van der Waals surface area contributed by atoms with Crippen molar-refractivity contribution in [3.8, 4) is 0 Å². The van der Waals surface area contributed by atoms with Gasteiger partial charge < -0.3 is 10.2 Å². The molecule has 19 heavy (non-hydrogen) atoms. The van der Waals surface area contributed by atoms with E-state index in [9.17, 15) is 0 Å². The number of nitrogens with one attached hydrogen (secondary N) is 1. The van der Waals surface area contributed by atoms with Crippen LogP contribution in [0.15, 0.2) is 0 Å². The number of likely N-dealkylation sites (tertiary alicyclic amines) is 2. The van der Waals surface area contributed by atoms with Gasteiger partial charge in [0.2, 0.25) is 0 Å². The number of hydrogen-bond acceptors (Lipinski definition) is 3. The zero-order valence-corrected chi connectivity index (χ0v) is 12.6. The molecule has 3 heteroatoms. The Balaban J connectivity index is 1.62. The van der Waals surface area contributed by atoms with Gasteiger partial charge in [0.1, 0.15) is 0 Å². The largest absolute Gasteiger partial charge is 0.315 e. The molecular weight excluding hydrogens is 234 g/mol. The normalized spacial score (nSPS) is 38.7. The lowest BCUT2D eigenvalue weighted by molar-refractivity contribution is 0.0420. The Bertz CT molecular complexity index is 275. The molecule has 3 rings (SSSR count). The highest BCUT2D eigenvalue weighted by Gasteiger charge is 2.34. The van der Waals surface area contributed by atoms with Crippen LogP contribution in [0, 0.1) is 5.92 Å². The van der Waals surface area contributed by atoms with E-state index >= 15 is 0 Å². The molecule has 3 atom stereocenters. The summed E-state index contributed by atoms with van der Waals surface area (Å²) < 4.78 is 0. The third-order valence-electron chi connectivity index (χ3n) is 5.56. The second-order valence-electron chi connectivity index (χ2n) is 6.91. The van der Waals surface area contributed by atoms with Crippen LogP contribution in [-0.2, 0) is 0 Å². The molecule has 0 saturated carbocycles. The maximum absolute atomic E-state index is 3.65. The fourth-order valence-electron chi connectivity index (χ4n) is 4.41. The van der Waals surface area contributed by atoms with E-state index in [1.54, 1.807) is 0 Å². The van der Waals surface area contributed by atoms with Crippen LogP contribution in [0.2, 0.25) is 0 Å². The highest BCUT2D eigenvalue weighted by molar-refractivity contribution is 4.91. The van der Waals surface area contributed by atoms with Crippen molar-refractivity contribution in [1.82, 2.24) is 15.1 Å². The van der Waals surface area contributed by atoms with Gasteiger partial charge in [-0.25, -0.2) is 0 Å². The van der Waals surface area contributed by atoms with E-state index in [1.807, 2.05) is 0 Å². The first-order chi connectivity index (χ1) is 9.34. The summed E-state index contributed by atoms with van der Waals surface area (Å²) >= 11 is 0. The van der Waals surface area contributed by atoms with Crippen molar-refractivity contribution >= 4 is 0 Å². The van der Waals surface area contributed by atoms with Gasteiger partial charge in [0.05, 0.1) is 0 Å². The molecule has 3 aliphatic heterocycles. The first-order valence-electron chi connectivity index (χ1n) is 8.53. The number of rotatable bonds is 3. The van der Waals surface area contributed by atoms with Gasteiger partial charge in [-0.15, -0.1) is 0 Å². The molecule has 3 saturated heterocycles. The quantitative estimate of drug-likeness (QED) is 0.841. The van der Waals surface area contributed by atoms with Crippen LogP contribution >= 0.6 is 0 Å². The summed E-state index contributed by atoms with van der Waals surface area (Å²) in [5.41, 5.74) is 0. The van der Waals surface area contributed by atoms with E-state index in [1.165, 1.54) is 77.8 Å². The lowest BCUT2D eigenvalue weighted by Gasteiger charge is -2.46. The maximum Gasteiger partial charge on any atom is 0.0264 e. The zero-order chi connectivity index (χ0) is 13.1. The molecule has 3 heterocycles. The zero-order valence-electron chi connectivity index (χ0n) is 12.6. The monoisotopic (exact) mass is 265 g/mol. The topological polar surface area (TPSA) is 18.5 Å². The Morgan fingerprint density at radius 2 is 1.79 bits per heavy atom. The molecule has 0 aliphatic carbocycles. The molecule has 0 bridgehead atoms. The van der Waals surface area contributed by atoms with E-state index in [-0.39, 0.29) is 0 Å². The highest BCUT2D eigenvalue weighted by atomic mass is 15.2. The summed E-state index contributed by atoms with van der Waals surface area (Å²) in [5.74, 6) is 0.903. The van der Waals surface area contributed by atoms with Crippen molar-refractivity contribution < 1.29 is 0 Å². The minimum absolute atomic E-state index is 0.796. The average Bonchev–Trinajstić information content (AvgIpc) is 2.93. The van der Waals surface area contributed by atoms with Crippen LogP contribution in [0.1, 0.15) is 45.4 Å². The number of hydrogen-bond donors (Lipinski definition) is 1. The standard InChI is InChI=1S/C16H31N3/c1-14-6-2-3-11-19(14)16-12-17-8-7-15(16)13-18-9-4-5-10-18/h14-17H,2-13H2,1H3. The third kappa shape index (κ3) is 3.32. The van der Waals surface area contributed by atoms with Crippen LogP contribution < -0.4 is 5.32 Å². The van der Waals surface area contributed by atoms with Crippen molar-refractivity contribution in [3.05, 3.63) is 0 Å². The third-order valence-corrected chi connectivity index (χ3v) is 5.56. The van der Waals surface area contributed by atoms with Gasteiger partial charge in [-0.2, -0.15) is 0 Å². The number of piperidine rings is 2. The summed E-state index contributed by atoms with van der Waals surface area (Å²) in [6.45, 7) is 10.3. The highest BCUT2D eigenvalue weighted by Crippen LogP contribution is 2.27. The minimum Gasteiger partial charge on any atom is -0.315 e.